The fraction of sp³-hybridized carbons (Fsp3) is 0.364. The minimum absolute atomic E-state index is 0.161. The van der Waals surface area contributed by atoms with Crippen LogP contribution in [0.2, 0.25) is 5.02 Å². The van der Waals surface area contributed by atoms with Crippen molar-refractivity contribution in [3.05, 3.63) is 83.5 Å². The molecule has 0 bridgehead atoms. The van der Waals surface area contributed by atoms with E-state index in [0.717, 1.165) is 5.56 Å². The van der Waals surface area contributed by atoms with Crippen molar-refractivity contribution in [3.63, 3.8) is 0 Å². The third kappa shape index (κ3) is 6.67. The summed E-state index contributed by atoms with van der Waals surface area (Å²) in [6.45, 7) is 5.34. The number of alkyl carbamates (subject to hydrolysis) is 1. The quantitative estimate of drug-likeness (QED) is 0.194. The first-order valence-corrected chi connectivity index (χ1v) is 15.7. The molecule has 3 heterocycles. The number of aliphatic imine (C=N–C) groups is 1. The molecule has 256 valence electrons. The molecular weight excluding hydrogens is 663 g/mol. The first kappa shape index (κ1) is 33.8. The van der Waals surface area contributed by atoms with Crippen LogP contribution in [-0.4, -0.2) is 66.3 Å². The average Bonchev–Trinajstić information content (AvgIpc) is 3.55. The van der Waals surface area contributed by atoms with Crippen LogP contribution in [0.5, 0.6) is 0 Å². The summed E-state index contributed by atoms with van der Waals surface area (Å²) in [4.78, 5) is 46.3. The number of nitrogens with two attached hydrogens (primary N) is 1. The van der Waals surface area contributed by atoms with Gasteiger partial charge in [0.05, 0.1) is 23.0 Å². The van der Waals surface area contributed by atoms with Crippen molar-refractivity contribution in [1.29, 1.82) is 0 Å². The van der Waals surface area contributed by atoms with Gasteiger partial charge in [-0.3, -0.25) is 24.8 Å². The Labute approximate surface area is 284 Å². The number of nitrogens with zero attached hydrogens (tertiary/aromatic N) is 6. The summed E-state index contributed by atoms with van der Waals surface area (Å²) >= 11 is 6.49. The van der Waals surface area contributed by atoms with E-state index in [1.54, 1.807) is 48.9 Å². The van der Waals surface area contributed by atoms with Gasteiger partial charge < -0.3 is 15.8 Å². The topological polar surface area (TPSA) is 164 Å². The molecule has 1 saturated carbocycles. The highest BCUT2D eigenvalue weighted by Gasteiger charge is 2.64. The molecule has 6 rings (SSSR count). The number of H-pyrrole nitrogens is 1. The van der Waals surface area contributed by atoms with E-state index in [1.807, 2.05) is 38.2 Å². The molecule has 0 radical (unpaired) electrons. The number of benzene rings is 2. The lowest BCUT2D eigenvalue weighted by atomic mass is 9.75. The van der Waals surface area contributed by atoms with Crippen LogP contribution in [-0.2, 0) is 15.1 Å². The lowest BCUT2D eigenvalue weighted by Gasteiger charge is -2.35. The van der Waals surface area contributed by atoms with E-state index in [9.17, 15) is 22.8 Å². The number of alkyl halides is 3. The predicted octanol–water partition coefficient (Wildman–Crippen LogP) is 5.93. The lowest BCUT2D eigenvalue weighted by Crippen LogP contribution is -2.50. The number of guanidine groups is 1. The summed E-state index contributed by atoms with van der Waals surface area (Å²) in [6, 6.07) is 10.8. The minimum atomic E-state index is -4.65. The van der Waals surface area contributed by atoms with Gasteiger partial charge in [-0.25, -0.2) is 14.8 Å². The van der Waals surface area contributed by atoms with Crippen LogP contribution in [0.3, 0.4) is 0 Å². The molecule has 0 spiro atoms. The van der Waals surface area contributed by atoms with E-state index < -0.39 is 47.3 Å². The number of halogens is 4. The van der Waals surface area contributed by atoms with Crippen molar-refractivity contribution >= 4 is 29.6 Å². The Bertz CT molecular complexity index is 1880. The molecule has 1 aliphatic heterocycles. The maximum Gasteiger partial charge on any atom is 0.411 e. The number of carbonyl (C=O) groups excluding carboxylic acids is 2. The number of ether oxygens (including phenoxy) is 1. The molecule has 2 atom stereocenters. The van der Waals surface area contributed by atoms with E-state index in [-0.39, 0.29) is 25.2 Å². The molecule has 2 amide bonds. The van der Waals surface area contributed by atoms with E-state index >= 15 is 0 Å². The molecule has 49 heavy (non-hydrogen) atoms. The van der Waals surface area contributed by atoms with Gasteiger partial charge >= 0.3 is 12.3 Å². The van der Waals surface area contributed by atoms with Crippen molar-refractivity contribution in [2.75, 3.05) is 6.61 Å². The molecule has 12 nitrogen and oxygen atoms in total. The van der Waals surface area contributed by atoms with E-state index in [4.69, 9.17) is 27.1 Å². The molecular formula is C33H33ClF3N9O3. The highest BCUT2D eigenvalue weighted by molar-refractivity contribution is 6.33. The van der Waals surface area contributed by atoms with Gasteiger partial charge in [-0.05, 0) is 47.9 Å². The van der Waals surface area contributed by atoms with Crippen LogP contribution in [0.25, 0.3) is 22.6 Å². The van der Waals surface area contributed by atoms with Gasteiger partial charge in [0, 0.05) is 23.5 Å². The molecule has 16 heteroatoms. The molecule has 1 fully saturated rings. The summed E-state index contributed by atoms with van der Waals surface area (Å²) in [5.41, 5.74) is 5.10. The smallest absolute Gasteiger partial charge is 0.411 e. The summed E-state index contributed by atoms with van der Waals surface area (Å²) in [6.07, 6.45) is -0.151. The molecule has 2 aromatic carbocycles. The van der Waals surface area contributed by atoms with Gasteiger partial charge in [-0.15, -0.1) is 0 Å². The lowest BCUT2D eigenvalue weighted by molar-refractivity contribution is -0.164. The van der Waals surface area contributed by atoms with Gasteiger partial charge in [0.25, 0.3) is 5.91 Å². The summed E-state index contributed by atoms with van der Waals surface area (Å²) < 4.78 is 46.2. The van der Waals surface area contributed by atoms with Crippen LogP contribution in [0.1, 0.15) is 57.2 Å². The predicted molar refractivity (Wildman–Crippen MR) is 174 cm³/mol. The van der Waals surface area contributed by atoms with E-state index in [0.29, 0.717) is 33.2 Å². The Kier molecular flexibility index (Phi) is 8.59. The standard InChI is InChI=1S/C33H33ClF3N9O3/c1-30(2,3)17-32(21-7-4-19(5-8-21)24-15-39-12-13-40-24)27(47)46(28(38)43-32)25(16-49-29(48)44-31(10-11-31)33(35,36)37)20-6-9-23(34)22(14-20)26-41-18-42-45-26/h4-9,12-15,18,25H,10-11,16-17H2,1-3H3,(H2,38,43)(H,44,48)(H,41,42,45)/t25-,32-/m1/s1. The zero-order valence-electron chi connectivity index (χ0n) is 26.8. The van der Waals surface area contributed by atoms with Crippen molar-refractivity contribution in [1.82, 2.24) is 35.4 Å². The Balaban J connectivity index is 1.38. The molecule has 4 aromatic rings. The number of hydrogen-bond acceptors (Lipinski definition) is 9. The van der Waals surface area contributed by atoms with Crippen LogP contribution in [0, 0.1) is 5.41 Å². The molecule has 0 saturated heterocycles. The van der Waals surface area contributed by atoms with Gasteiger partial charge in [-0.2, -0.15) is 18.3 Å². The van der Waals surface area contributed by atoms with Gasteiger partial charge in [0.1, 0.15) is 18.5 Å². The third-order valence-corrected chi connectivity index (χ3v) is 8.83. The number of aromatic nitrogens is 5. The second-order valence-corrected chi connectivity index (χ2v) is 13.7. The fourth-order valence-electron chi connectivity index (χ4n) is 6.02. The maximum atomic E-state index is 14.8. The molecule has 4 N–H and O–H groups in total. The number of rotatable bonds is 9. The molecule has 2 aromatic heterocycles. The summed E-state index contributed by atoms with van der Waals surface area (Å²) in [5.74, 6) is -0.345. The SMILES string of the molecule is CC(C)(C)C[C@]1(c2ccc(-c3cnccn3)cc2)N=C(N)N([C@H](COC(=O)NC2(C(F)(F)F)CC2)c2ccc(Cl)c(-c3ncn[nH]3)c2)C1=O. The molecule has 2 aliphatic rings. The number of aromatic amines is 1. The number of carbonyl (C=O) groups is 2. The van der Waals surface area contributed by atoms with Crippen molar-refractivity contribution in [2.45, 2.75) is 63.3 Å². The van der Waals surface area contributed by atoms with Crippen LogP contribution >= 0.6 is 11.6 Å². The Morgan fingerprint density at radius 2 is 1.86 bits per heavy atom. The van der Waals surface area contributed by atoms with Gasteiger partial charge in [-0.1, -0.05) is 62.7 Å². The fourth-order valence-corrected chi connectivity index (χ4v) is 6.22. The van der Waals surface area contributed by atoms with E-state index in [2.05, 4.69) is 25.1 Å². The molecule has 1 aliphatic carbocycles. The van der Waals surface area contributed by atoms with Crippen molar-refractivity contribution in [2.24, 2.45) is 16.1 Å². The van der Waals surface area contributed by atoms with Crippen LogP contribution < -0.4 is 11.1 Å². The van der Waals surface area contributed by atoms with Crippen molar-refractivity contribution < 1.29 is 27.5 Å². The zero-order valence-corrected chi connectivity index (χ0v) is 27.5. The van der Waals surface area contributed by atoms with Crippen molar-refractivity contribution in [3.8, 4) is 22.6 Å². The number of amides is 2. The van der Waals surface area contributed by atoms with Crippen LogP contribution in [0.4, 0.5) is 18.0 Å². The number of nitrogens with one attached hydrogen (secondary N) is 2. The highest BCUT2D eigenvalue weighted by atomic mass is 35.5. The summed E-state index contributed by atoms with van der Waals surface area (Å²) in [7, 11) is 0. The Hall–Kier alpha value is -5.05. The second kappa shape index (κ2) is 12.4. The normalized spacial score (nSPS) is 19.4. The monoisotopic (exact) mass is 695 g/mol. The first-order chi connectivity index (χ1) is 23.1. The van der Waals surface area contributed by atoms with Gasteiger partial charge in [0.2, 0.25) is 0 Å². The Morgan fingerprint density at radius 1 is 1.12 bits per heavy atom. The van der Waals surface area contributed by atoms with Gasteiger partial charge in [0.15, 0.2) is 17.3 Å². The minimum Gasteiger partial charge on any atom is -0.447 e. The molecule has 0 unspecified atom stereocenters. The summed E-state index contributed by atoms with van der Waals surface area (Å²) in [5, 5.41) is 8.87. The maximum absolute atomic E-state index is 14.8. The second-order valence-electron chi connectivity index (χ2n) is 13.3. The zero-order chi connectivity index (χ0) is 35.2. The van der Waals surface area contributed by atoms with E-state index in [1.165, 1.54) is 11.2 Å². The largest absolute Gasteiger partial charge is 0.447 e. The third-order valence-electron chi connectivity index (χ3n) is 8.50. The number of hydrogen-bond donors (Lipinski definition) is 3. The Morgan fingerprint density at radius 3 is 2.45 bits per heavy atom. The average molecular weight is 696 g/mol. The highest BCUT2D eigenvalue weighted by Crippen LogP contribution is 2.49. The first-order valence-electron chi connectivity index (χ1n) is 15.4. The van der Waals surface area contributed by atoms with Crippen LogP contribution in [0.15, 0.2) is 72.4 Å².